The second kappa shape index (κ2) is 11.7. The maximum Gasteiger partial charge on any atom is 0.329 e. The summed E-state index contributed by atoms with van der Waals surface area (Å²) >= 11 is 0. The number of aromatic nitrogens is 2. The highest BCUT2D eigenvalue weighted by Gasteiger charge is 2.25. The van der Waals surface area contributed by atoms with E-state index in [4.69, 9.17) is 4.74 Å². The highest BCUT2D eigenvalue weighted by atomic mass is 16.5. The third-order valence-electron chi connectivity index (χ3n) is 4.13. The molecule has 1 amide bonds. The Morgan fingerprint density at radius 3 is 2.53 bits per heavy atom. The normalized spacial score (nSPS) is 12.0. The van der Waals surface area contributed by atoms with Crippen molar-refractivity contribution in [2.45, 2.75) is 32.9 Å². The summed E-state index contributed by atoms with van der Waals surface area (Å²) in [6.45, 7) is 3.91. The molecule has 0 aliphatic rings. The lowest BCUT2D eigenvalue weighted by molar-refractivity contribution is -0.149. The van der Waals surface area contributed by atoms with Gasteiger partial charge in [0, 0.05) is 24.9 Å². The van der Waals surface area contributed by atoms with E-state index < -0.39 is 23.9 Å². The molecular formula is C21H28N4O5. The standard InChI is InChI=1S/C21H28N4O5/c1-15(2)13-30-21(29)18(8-17-9-22-14-23-17)24-19(26)11-25(12-20(27)28)10-16-6-4-3-5-7-16/h3-7,9,14-15,18H,8,10-13H2,1-2H3,(H,22,23)(H,24,26)(H,27,28). The quantitative estimate of drug-likeness (QED) is 0.444. The first-order valence-corrected chi connectivity index (χ1v) is 9.74. The Kier molecular flexibility index (Phi) is 9.02. The Bertz CT molecular complexity index is 808. The molecule has 3 N–H and O–H groups in total. The van der Waals surface area contributed by atoms with Crippen molar-refractivity contribution in [2.75, 3.05) is 19.7 Å². The van der Waals surface area contributed by atoms with Crippen LogP contribution in [-0.2, 0) is 32.1 Å². The number of imidazole rings is 1. The number of hydrogen-bond donors (Lipinski definition) is 3. The van der Waals surface area contributed by atoms with Gasteiger partial charge in [-0.05, 0) is 11.5 Å². The molecule has 0 saturated carbocycles. The van der Waals surface area contributed by atoms with Gasteiger partial charge in [-0.25, -0.2) is 9.78 Å². The maximum atomic E-state index is 12.6. The summed E-state index contributed by atoms with van der Waals surface area (Å²) < 4.78 is 5.28. The number of hydrogen-bond acceptors (Lipinski definition) is 6. The topological polar surface area (TPSA) is 125 Å². The van der Waals surface area contributed by atoms with Crippen LogP contribution in [0.4, 0.5) is 0 Å². The lowest BCUT2D eigenvalue weighted by Crippen LogP contribution is -2.48. The number of carbonyl (C=O) groups is 3. The van der Waals surface area contributed by atoms with E-state index in [9.17, 15) is 19.5 Å². The van der Waals surface area contributed by atoms with Crippen molar-refractivity contribution in [1.29, 1.82) is 0 Å². The van der Waals surface area contributed by atoms with Crippen LogP contribution < -0.4 is 5.32 Å². The number of carboxylic acids is 1. The lowest BCUT2D eigenvalue weighted by atomic mass is 10.1. The minimum Gasteiger partial charge on any atom is -0.480 e. The van der Waals surface area contributed by atoms with Crippen LogP contribution in [0.5, 0.6) is 0 Å². The fourth-order valence-corrected chi connectivity index (χ4v) is 2.80. The van der Waals surface area contributed by atoms with Gasteiger partial charge in [0.1, 0.15) is 6.04 Å². The number of aromatic amines is 1. The van der Waals surface area contributed by atoms with E-state index in [2.05, 4.69) is 15.3 Å². The van der Waals surface area contributed by atoms with Crippen molar-refractivity contribution in [3.63, 3.8) is 0 Å². The third kappa shape index (κ3) is 8.44. The van der Waals surface area contributed by atoms with Gasteiger partial charge >= 0.3 is 11.9 Å². The molecule has 162 valence electrons. The van der Waals surface area contributed by atoms with Gasteiger partial charge in [0.25, 0.3) is 0 Å². The van der Waals surface area contributed by atoms with Crippen molar-refractivity contribution >= 4 is 17.8 Å². The number of aliphatic carboxylic acids is 1. The van der Waals surface area contributed by atoms with Crippen LogP contribution in [0.1, 0.15) is 25.1 Å². The number of H-pyrrole nitrogens is 1. The number of benzene rings is 1. The lowest BCUT2D eigenvalue weighted by Gasteiger charge is -2.22. The SMILES string of the molecule is CC(C)COC(=O)C(Cc1cnc[nH]1)NC(=O)CN(CC(=O)O)Cc1ccccc1. The fraction of sp³-hybridized carbons (Fsp3) is 0.429. The first-order chi connectivity index (χ1) is 14.3. The van der Waals surface area contributed by atoms with Crippen molar-refractivity contribution in [1.82, 2.24) is 20.2 Å². The zero-order valence-electron chi connectivity index (χ0n) is 17.2. The Balaban J connectivity index is 2.03. The summed E-state index contributed by atoms with van der Waals surface area (Å²) in [5.41, 5.74) is 1.56. The summed E-state index contributed by atoms with van der Waals surface area (Å²) in [4.78, 5) is 44.6. The third-order valence-corrected chi connectivity index (χ3v) is 4.13. The molecule has 30 heavy (non-hydrogen) atoms. The van der Waals surface area contributed by atoms with Gasteiger partial charge in [0.05, 0.1) is 26.0 Å². The van der Waals surface area contributed by atoms with Crippen LogP contribution >= 0.6 is 0 Å². The molecule has 9 heteroatoms. The molecule has 2 aromatic rings. The van der Waals surface area contributed by atoms with Crippen LogP contribution in [0.25, 0.3) is 0 Å². The van der Waals surface area contributed by atoms with Crippen LogP contribution in [0.15, 0.2) is 42.9 Å². The number of rotatable bonds is 12. The van der Waals surface area contributed by atoms with E-state index >= 15 is 0 Å². The number of nitrogens with one attached hydrogen (secondary N) is 2. The van der Waals surface area contributed by atoms with Crippen LogP contribution in [0.3, 0.4) is 0 Å². The summed E-state index contributed by atoms with van der Waals surface area (Å²) in [7, 11) is 0. The number of nitrogens with zero attached hydrogens (tertiary/aromatic N) is 2. The van der Waals surface area contributed by atoms with E-state index in [1.54, 1.807) is 6.20 Å². The minimum absolute atomic E-state index is 0.161. The molecule has 1 atom stereocenters. The molecule has 0 spiro atoms. The van der Waals surface area contributed by atoms with E-state index in [1.165, 1.54) is 11.2 Å². The van der Waals surface area contributed by atoms with Gasteiger partial charge in [0.15, 0.2) is 0 Å². The molecule has 1 heterocycles. The molecule has 0 saturated heterocycles. The first kappa shape index (κ1) is 23.1. The molecule has 9 nitrogen and oxygen atoms in total. The van der Waals surface area contributed by atoms with Crippen molar-refractivity contribution in [2.24, 2.45) is 5.92 Å². The summed E-state index contributed by atoms with van der Waals surface area (Å²) in [6.07, 6.45) is 3.25. The van der Waals surface area contributed by atoms with Gasteiger partial charge in [0.2, 0.25) is 5.91 Å². The number of carboxylic acid groups (broad SMARTS) is 1. The molecule has 0 bridgehead atoms. The predicted molar refractivity (Wildman–Crippen MR) is 109 cm³/mol. The number of esters is 1. The summed E-state index contributed by atoms with van der Waals surface area (Å²) in [5, 5.41) is 11.9. The van der Waals surface area contributed by atoms with Crippen LogP contribution in [-0.4, -0.2) is 63.6 Å². The van der Waals surface area contributed by atoms with Gasteiger partial charge in [-0.1, -0.05) is 44.2 Å². The second-order valence-electron chi connectivity index (χ2n) is 7.45. The smallest absolute Gasteiger partial charge is 0.329 e. The van der Waals surface area contributed by atoms with Crippen molar-refractivity contribution in [3.05, 3.63) is 54.1 Å². The van der Waals surface area contributed by atoms with Gasteiger partial charge < -0.3 is 20.1 Å². The fourth-order valence-electron chi connectivity index (χ4n) is 2.80. The van der Waals surface area contributed by atoms with Crippen molar-refractivity contribution in [3.8, 4) is 0 Å². The molecule has 0 radical (unpaired) electrons. The van der Waals surface area contributed by atoms with Gasteiger partial charge in [-0.3, -0.25) is 14.5 Å². The molecule has 0 fully saturated rings. The van der Waals surface area contributed by atoms with E-state index in [-0.39, 0.29) is 32.0 Å². The molecule has 1 aromatic carbocycles. The summed E-state index contributed by atoms with van der Waals surface area (Å²) in [5.74, 6) is -1.88. The van der Waals surface area contributed by atoms with Gasteiger partial charge in [-0.15, -0.1) is 0 Å². The molecule has 1 aromatic heterocycles. The summed E-state index contributed by atoms with van der Waals surface area (Å²) in [6, 6.07) is 8.37. The number of carbonyl (C=O) groups excluding carboxylic acids is 2. The molecule has 0 aliphatic heterocycles. The highest BCUT2D eigenvalue weighted by Crippen LogP contribution is 2.06. The number of ether oxygens (including phenoxy) is 1. The minimum atomic E-state index is -1.04. The zero-order chi connectivity index (χ0) is 21.9. The van der Waals surface area contributed by atoms with E-state index in [0.717, 1.165) is 5.56 Å². The highest BCUT2D eigenvalue weighted by molar-refractivity contribution is 5.86. The molecule has 1 unspecified atom stereocenters. The zero-order valence-corrected chi connectivity index (χ0v) is 17.2. The Labute approximate surface area is 175 Å². The van der Waals surface area contributed by atoms with Crippen molar-refractivity contribution < 1.29 is 24.2 Å². The Morgan fingerprint density at radius 1 is 1.20 bits per heavy atom. The van der Waals surface area contributed by atoms with Crippen LogP contribution in [0, 0.1) is 5.92 Å². The van der Waals surface area contributed by atoms with E-state index in [0.29, 0.717) is 12.2 Å². The van der Waals surface area contributed by atoms with Crippen LogP contribution in [0.2, 0.25) is 0 Å². The number of amides is 1. The molecule has 2 rings (SSSR count). The monoisotopic (exact) mass is 416 g/mol. The Morgan fingerprint density at radius 2 is 1.93 bits per heavy atom. The molecule has 0 aliphatic carbocycles. The Hall–Kier alpha value is -3.20. The second-order valence-corrected chi connectivity index (χ2v) is 7.45. The van der Waals surface area contributed by atoms with Gasteiger partial charge in [-0.2, -0.15) is 0 Å². The predicted octanol–water partition coefficient (Wildman–Crippen LogP) is 1.22. The van der Waals surface area contributed by atoms with E-state index in [1.807, 2.05) is 44.2 Å². The maximum absolute atomic E-state index is 12.6. The average Bonchev–Trinajstić information content (AvgIpc) is 3.19. The molecular weight excluding hydrogens is 388 g/mol. The first-order valence-electron chi connectivity index (χ1n) is 9.74. The average molecular weight is 416 g/mol. The largest absolute Gasteiger partial charge is 0.480 e.